The lowest BCUT2D eigenvalue weighted by atomic mass is 9.92. The number of methoxy groups -OCH3 is 1. The number of fused-ring (bicyclic) bond motifs is 1. The van der Waals surface area contributed by atoms with Gasteiger partial charge in [-0.05, 0) is 54.3 Å². The monoisotopic (exact) mass is 855 g/mol. The van der Waals surface area contributed by atoms with Crippen LogP contribution in [-0.2, 0) is 20.9 Å². The Balaban J connectivity index is 1.04. The van der Waals surface area contributed by atoms with E-state index in [1.54, 1.807) is 51.9 Å². The SMILES string of the molecule is COc1cc(N2CCN(c3ccc(-c4cc(C5=CCCN(C(=O)CCn6cccn6)C5)c(F)c5[nH]c(C(=O)N(C)C)cc45)c(F)c3F)CC2)c(F)cc1N[C@H]1CCC(=O)NC1=O. The number of carbonyl (C=O) groups is 4. The van der Waals surface area contributed by atoms with Crippen LogP contribution in [0.5, 0.6) is 5.75 Å². The summed E-state index contributed by atoms with van der Waals surface area (Å²) in [4.78, 5) is 59.4. The van der Waals surface area contributed by atoms with Gasteiger partial charge in [0.2, 0.25) is 17.7 Å². The van der Waals surface area contributed by atoms with Crippen molar-refractivity contribution < 1.29 is 41.5 Å². The van der Waals surface area contributed by atoms with Gasteiger partial charge < -0.3 is 34.6 Å². The van der Waals surface area contributed by atoms with Crippen LogP contribution in [-0.4, -0.2) is 115 Å². The second-order valence-corrected chi connectivity index (χ2v) is 15.7. The van der Waals surface area contributed by atoms with Crippen molar-refractivity contribution in [3.05, 3.63) is 95.5 Å². The number of aromatic nitrogens is 3. The molecule has 3 aliphatic rings. The van der Waals surface area contributed by atoms with E-state index in [1.165, 1.54) is 48.4 Å². The van der Waals surface area contributed by atoms with Crippen LogP contribution in [0.25, 0.3) is 27.6 Å². The van der Waals surface area contributed by atoms with Crippen molar-refractivity contribution >= 4 is 57.2 Å². The average molecular weight is 856 g/mol. The maximum Gasteiger partial charge on any atom is 0.269 e. The minimum absolute atomic E-state index is 0.0110. The Hall–Kier alpha value is -6.85. The Kier molecular flexibility index (Phi) is 11.7. The molecule has 0 spiro atoms. The van der Waals surface area contributed by atoms with E-state index < -0.39 is 41.1 Å². The van der Waals surface area contributed by atoms with Crippen molar-refractivity contribution in [2.45, 2.75) is 38.3 Å². The number of hydrogen-bond acceptors (Lipinski definition) is 9. The number of hydrogen-bond donors (Lipinski definition) is 3. The summed E-state index contributed by atoms with van der Waals surface area (Å²) in [5.41, 5.74) is 1.04. The Morgan fingerprint density at radius 1 is 0.919 bits per heavy atom. The summed E-state index contributed by atoms with van der Waals surface area (Å²) in [6.07, 6.45) is 6.23. The zero-order valence-corrected chi connectivity index (χ0v) is 34.4. The molecule has 2 fully saturated rings. The van der Waals surface area contributed by atoms with E-state index >= 15 is 17.6 Å². The van der Waals surface area contributed by atoms with E-state index in [4.69, 9.17) is 4.74 Å². The molecule has 1 atom stereocenters. The fraction of sp³-hybridized carbons (Fsp3) is 0.341. The molecule has 14 nitrogen and oxygen atoms in total. The number of nitrogens with zero attached hydrogens (tertiary/aromatic N) is 6. The number of benzene rings is 3. The number of rotatable bonds is 11. The van der Waals surface area contributed by atoms with Gasteiger partial charge in [0.25, 0.3) is 5.91 Å². The minimum Gasteiger partial charge on any atom is -0.495 e. The van der Waals surface area contributed by atoms with Crippen LogP contribution in [0.3, 0.4) is 0 Å². The fourth-order valence-corrected chi connectivity index (χ4v) is 8.29. The number of ether oxygens (including phenoxy) is 1. The summed E-state index contributed by atoms with van der Waals surface area (Å²) in [6.45, 7) is 1.80. The van der Waals surface area contributed by atoms with Crippen LogP contribution in [0.2, 0.25) is 0 Å². The van der Waals surface area contributed by atoms with Crippen molar-refractivity contribution in [1.29, 1.82) is 0 Å². The van der Waals surface area contributed by atoms with E-state index in [-0.39, 0.29) is 120 Å². The Bertz CT molecular complexity index is 2600. The smallest absolute Gasteiger partial charge is 0.269 e. The van der Waals surface area contributed by atoms with Crippen LogP contribution in [0, 0.1) is 23.3 Å². The molecule has 324 valence electrons. The minimum atomic E-state index is -1.17. The highest BCUT2D eigenvalue weighted by molar-refractivity contribution is 6.05. The molecule has 5 aromatic rings. The number of nitrogens with one attached hydrogen (secondary N) is 3. The van der Waals surface area contributed by atoms with Gasteiger partial charge in [-0.3, -0.25) is 29.2 Å². The molecule has 18 heteroatoms. The number of aryl methyl sites for hydroxylation is 1. The molecule has 0 unspecified atom stereocenters. The van der Waals surface area contributed by atoms with Crippen LogP contribution >= 0.6 is 0 Å². The maximum absolute atomic E-state index is 16.6. The van der Waals surface area contributed by atoms with Crippen molar-refractivity contribution in [1.82, 2.24) is 29.9 Å². The summed E-state index contributed by atoms with van der Waals surface area (Å²) in [7, 11) is 4.50. The third-order valence-electron chi connectivity index (χ3n) is 11.6. The normalized spacial score (nSPS) is 17.0. The van der Waals surface area contributed by atoms with Crippen molar-refractivity contribution in [2.24, 2.45) is 0 Å². The molecular formula is C44H45F4N9O5. The van der Waals surface area contributed by atoms with Crippen molar-refractivity contribution in [3.63, 3.8) is 0 Å². The van der Waals surface area contributed by atoms with Crippen molar-refractivity contribution in [2.75, 3.05) is 75.6 Å². The third kappa shape index (κ3) is 8.15. The summed E-state index contributed by atoms with van der Waals surface area (Å²) in [5, 5.41) is 9.55. The first kappa shape index (κ1) is 41.9. The van der Waals surface area contributed by atoms with Crippen LogP contribution < -0.4 is 25.2 Å². The van der Waals surface area contributed by atoms with Crippen LogP contribution in [0.1, 0.15) is 41.7 Å². The van der Waals surface area contributed by atoms with Gasteiger partial charge in [-0.15, -0.1) is 0 Å². The highest BCUT2D eigenvalue weighted by Gasteiger charge is 2.31. The average Bonchev–Trinajstić information content (AvgIpc) is 3.97. The zero-order valence-electron chi connectivity index (χ0n) is 34.4. The molecule has 4 amide bonds. The number of carbonyl (C=O) groups excluding carboxylic acids is 4. The molecule has 2 saturated heterocycles. The van der Waals surface area contributed by atoms with Gasteiger partial charge in [-0.25, -0.2) is 17.6 Å². The number of imide groups is 1. The first-order valence-electron chi connectivity index (χ1n) is 20.3. The van der Waals surface area contributed by atoms with Crippen molar-refractivity contribution in [3.8, 4) is 16.9 Å². The molecule has 0 radical (unpaired) electrons. The summed E-state index contributed by atoms with van der Waals surface area (Å²) in [6, 6.07) is 9.51. The number of piperidine rings is 1. The number of aromatic amines is 1. The molecule has 0 aliphatic carbocycles. The topological polar surface area (TPSA) is 148 Å². The molecule has 3 aromatic carbocycles. The summed E-state index contributed by atoms with van der Waals surface area (Å²) >= 11 is 0. The number of amides is 4. The molecule has 5 heterocycles. The van der Waals surface area contributed by atoms with Gasteiger partial charge in [0.1, 0.15) is 23.3 Å². The molecule has 3 N–H and O–H groups in total. The first-order chi connectivity index (χ1) is 29.8. The van der Waals surface area contributed by atoms with E-state index in [0.29, 0.717) is 25.1 Å². The Morgan fingerprint density at radius 2 is 1.68 bits per heavy atom. The number of piperazine rings is 1. The Labute approximate surface area is 354 Å². The second kappa shape index (κ2) is 17.3. The van der Waals surface area contributed by atoms with Gasteiger partial charge in [-0.2, -0.15) is 5.10 Å². The quantitative estimate of drug-likeness (QED) is 0.115. The van der Waals surface area contributed by atoms with Crippen LogP contribution in [0.15, 0.2) is 60.9 Å². The molecule has 8 rings (SSSR count). The number of halogens is 4. The zero-order chi connectivity index (χ0) is 43.8. The Morgan fingerprint density at radius 3 is 2.37 bits per heavy atom. The van der Waals surface area contributed by atoms with Gasteiger partial charge in [0.05, 0.1) is 29.7 Å². The van der Waals surface area contributed by atoms with E-state index in [9.17, 15) is 19.2 Å². The molecule has 3 aliphatic heterocycles. The van der Waals surface area contributed by atoms with Gasteiger partial charge in [-0.1, -0.05) is 6.08 Å². The molecule has 62 heavy (non-hydrogen) atoms. The largest absolute Gasteiger partial charge is 0.495 e. The first-order valence-corrected chi connectivity index (χ1v) is 20.3. The lowest BCUT2D eigenvalue weighted by Gasteiger charge is -2.38. The predicted octanol–water partition coefficient (Wildman–Crippen LogP) is 5.55. The molecule has 2 aromatic heterocycles. The summed E-state index contributed by atoms with van der Waals surface area (Å²) < 4.78 is 72.2. The van der Waals surface area contributed by atoms with Gasteiger partial charge >= 0.3 is 0 Å². The number of anilines is 3. The molecular weight excluding hydrogens is 811 g/mol. The molecule has 0 saturated carbocycles. The third-order valence-corrected chi connectivity index (χ3v) is 11.6. The van der Waals surface area contributed by atoms with Gasteiger partial charge in [0.15, 0.2) is 17.5 Å². The van der Waals surface area contributed by atoms with E-state index in [2.05, 4.69) is 20.7 Å². The molecule has 0 bridgehead atoms. The summed E-state index contributed by atoms with van der Waals surface area (Å²) in [5.74, 6) is -4.77. The second-order valence-electron chi connectivity index (χ2n) is 15.7. The number of H-pyrrole nitrogens is 1. The van der Waals surface area contributed by atoms with Gasteiger partial charge in [0, 0.05) is 114 Å². The van der Waals surface area contributed by atoms with Crippen LogP contribution in [0.4, 0.5) is 34.6 Å². The highest BCUT2D eigenvalue weighted by Crippen LogP contribution is 2.40. The van der Waals surface area contributed by atoms with E-state index in [1.807, 2.05) is 6.08 Å². The predicted molar refractivity (Wildman–Crippen MR) is 225 cm³/mol. The highest BCUT2D eigenvalue weighted by atomic mass is 19.2. The standard InChI is InChI=1S/C44H45F4N9O5/c1-53(2)44(61)33-21-29-28(20-27(40(47)42(29)51-33)25-6-4-13-56(24-25)38(59)11-15-57-14-5-12-49-57)26-7-9-34(41(48)39(26)46)54-16-18-55(19-17-54)35-23-36(62-3)32(22-30(35)45)50-31-8-10-37(58)52-43(31)60/h5-7,9,12,14,20-23,31,50-51H,4,8,10-11,13,15-19,24H2,1-3H3,(H,52,58,60)/t31-/m0/s1. The van der Waals surface area contributed by atoms with E-state index in [0.717, 1.165) is 0 Å². The lowest BCUT2D eigenvalue weighted by molar-refractivity contribution is -0.134. The lowest BCUT2D eigenvalue weighted by Crippen LogP contribution is -2.47. The maximum atomic E-state index is 16.6. The fourth-order valence-electron chi connectivity index (χ4n) is 8.29.